The van der Waals surface area contributed by atoms with Gasteiger partial charge in [0.05, 0.1) is 26.2 Å². The molecule has 132 valence electrons. The fraction of sp³-hybridized carbons (Fsp3) is 1.00. The van der Waals surface area contributed by atoms with Crippen LogP contribution in [-0.4, -0.2) is 30.7 Å². The average Bonchev–Trinajstić information content (AvgIpc) is 2.97. The van der Waals surface area contributed by atoms with Crippen molar-refractivity contribution >= 4 is 0 Å². The van der Waals surface area contributed by atoms with Crippen LogP contribution in [0.4, 0.5) is 0 Å². The smallest absolute Gasteiger partial charge is 0.0788 e. The van der Waals surface area contributed by atoms with E-state index < -0.39 is 0 Å². The van der Waals surface area contributed by atoms with Gasteiger partial charge in [-0.15, -0.1) is 0 Å². The molecule has 0 N–H and O–H groups in total. The molecule has 0 aromatic rings. The van der Waals surface area contributed by atoms with Crippen LogP contribution in [0.3, 0.4) is 0 Å². The molecule has 1 nitrogen and oxygen atoms in total. The lowest BCUT2D eigenvalue weighted by molar-refractivity contribution is -0.915. The van der Waals surface area contributed by atoms with Crippen molar-refractivity contribution in [3.05, 3.63) is 0 Å². The van der Waals surface area contributed by atoms with Gasteiger partial charge in [-0.05, 0) is 25.7 Å². The molecule has 22 heavy (non-hydrogen) atoms. The third kappa shape index (κ3) is 9.18. The van der Waals surface area contributed by atoms with E-state index in [1.54, 1.807) is 0 Å². The van der Waals surface area contributed by atoms with Gasteiger partial charge in [0.2, 0.25) is 0 Å². The zero-order chi connectivity index (χ0) is 16.1. The van der Waals surface area contributed by atoms with Gasteiger partial charge in [0.25, 0.3) is 0 Å². The van der Waals surface area contributed by atoms with Crippen LogP contribution in [0.25, 0.3) is 0 Å². The average molecular weight is 311 g/mol. The highest BCUT2D eigenvalue weighted by Gasteiger charge is 2.28. The highest BCUT2D eigenvalue weighted by Crippen LogP contribution is 2.21. The quantitative estimate of drug-likeness (QED) is 0.251. The van der Waals surface area contributed by atoms with E-state index in [0.717, 1.165) is 5.92 Å². The summed E-state index contributed by atoms with van der Waals surface area (Å²) in [5, 5.41) is 0. The first-order valence-electron chi connectivity index (χ1n) is 10.5. The van der Waals surface area contributed by atoms with E-state index in [9.17, 15) is 0 Å². The number of hydrogen-bond acceptors (Lipinski definition) is 0. The maximum atomic E-state index is 2.40. The minimum absolute atomic E-state index is 0.898. The lowest BCUT2D eigenvalue weighted by atomic mass is 10.0. The van der Waals surface area contributed by atoms with Crippen molar-refractivity contribution in [3.8, 4) is 0 Å². The van der Waals surface area contributed by atoms with E-state index in [0.29, 0.717) is 0 Å². The Balaban J connectivity index is 1.80. The predicted molar refractivity (Wildman–Crippen MR) is 100 cm³/mol. The fourth-order valence-corrected chi connectivity index (χ4v) is 4.12. The molecule has 1 fully saturated rings. The molecule has 1 aliphatic heterocycles. The van der Waals surface area contributed by atoms with E-state index in [1.165, 1.54) is 114 Å². The van der Waals surface area contributed by atoms with Gasteiger partial charge in [-0.3, -0.25) is 0 Å². The number of rotatable bonds is 14. The van der Waals surface area contributed by atoms with Crippen molar-refractivity contribution < 1.29 is 4.48 Å². The minimum atomic E-state index is 0.898. The van der Waals surface area contributed by atoms with E-state index in [4.69, 9.17) is 0 Å². The van der Waals surface area contributed by atoms with Gasteiger partial charge in [-0.25, -0.2) is 0 Å². The van der Waals surface area contributed by atoms with Gasteiger partial charge < -0.3 is 4.48 Å². The summed E-state index contributed by atoms with van der Waals surface area (Å²) < 4.78 is 1.44. The second-order valence-electron chi connectivity index (χ2n) is 8.25. The molecule has 0 unspecified atom stereocenters. The molecule has 0 bridgehead atoms. The fourth-order valence-electron chi connectivity index (χ4n) is 4.12. The second kappa shape index (κ2) is 12.4. The summed E-state index contributed by atoms with van der Waals surface area (Å²) in [5.74, 6) is 0.898. The third-order valence-electron chi connectivity index (χ3n) is 5.85. The SMILES string of the molecule is CC[N+]1(CCCCCCCCCCCCC(C)C)CCCC1. The summed E-state index contributed by atoms with van der Waals surface area (Å²) in [4.78, 5) is 0. The molecule has 1 heteroatoms. The van der Waals surface area contributed by atoms with Crippen molar-refractivity contribution in [1.29, 1.82) is 0 Å². The molecule has 0 saturated carbocycles. The molecule has 0 spiro atoms. The molecule has 0 aromatic carbocycles. The van der Waals surface area contributed by atoms with Crippen molar-refractivity contribution in [3.63, 3.8) is 0 Å². The Morgan fingerprint density at radius 1 is 0.682 bits per heavy atom. The molecule has 0 aliphatic carbocycles. The first-order chi connectivity index (χ1) is 10.7. The van der Waals surface area contributed by atoms with Crippen LogP contribution in [0.1, 0.15) is 104 Å². The summed E-state index contributed by atoms with van der Waals surface area (Å²) in [7, 11) is 0. The molecule has 1 heterocycles. The Labute approximate surface area is 141 Å². The van der Waals surface area contributed by atoms with Gasteiger partial charge in [0.15, 0.2) is 0 Å². The standard InChI is InChI=1S/C21H44N/c1-4-22(19-15-16-20-22)18-14-12-10-8-6-5-7-9-11-13-17-21(2)3/h21H,4-20H2,1-3H3/q+1. The Morgan fingerprint density at radius 3 is 1.59 bits per heavy atom. The Morgan fingerprint density at radius 2 is 1.14 bits per heavy atom. The zero-order valence-electron chi connectivity index (χ0n) is 16.0. The molecule has 1 rings (SSSR count). The van der Waals surface area contributed by atoms with Gasteiger partial charge in [0, 0.05) is 12.8 Å². The summed E-state index contributed by atoms with van der Waals surface area (Å²) in [5.41, 5.74) is 0. The maximum Gasteiger partial charge on any atom is 0.0788 e. The number of likely N-dealkylation sites (tertiary alicyclic amines) is 1. The van der Waals surface area contributed by atoms with Crippen LogP contribution >= 0.6 is 0 Å². The Bertz CT molecular complexity index is 240. The van der Waals surface area contributed by atoms with E-state index in [1.807, 2.05) is 0 Å². The van der Waals surface area contributed by atoms with Crippen molar-refractivity contribution in [1.82, 2.24) is 0 Å². The number of unbranched alkanes of at least 4 members (excludes halogenated alkanes) is 9. The molecular weight excluding hydrogens is 266 g/mol. The normalized spacial score (nSPS) is 17.5. The summed E-state index contributed by atoms with van der Waals surface area (Å²) in [6.45, 7) is 12.8. The van der Waals surface area contributed by atoms with Crippen LogP contribution in [0.5, 0.6) is 0 Å². The first-order valence-corrected chi connectivity index (χ1v) is 10.5. The van der Waals surface area contributed by atoms with Crippen LogP contribution in [0, 0.1) is 5.92 Å². The molecule has 0 atom stereocenters. The first kappa shape index (κ1) is 20.0. The van der Waals surface area contributed by atoms with Crippen molar-refractivity contribution in [2.24, 2.45) is 5.92 Å². The lowest BCUT2D eigenvalue weighted by Gasteiger charge is -2.33. The molecular formula is C21H44N+. The van der Waals surface area contributed by atoms with Crippen molar-refractivity contribution in [2.45, 2.75) is 104 Å². The Hall–Kier alpha value is -0.0400. The third-order valence-corrected chi connectivity index (χ3v) is 5.85. The topological polar surface area (TPSA) is 0 Å². The summed E-state index contributed by atoms with van der Waals surface area (Å²) in [6, 6.07) is 0. The van der Waals surface area contributed by atoms with Crippen molar-refractivity contribution in [2.75, 3.05) is 26.2 Å². The van der Waals surface area contributed by atoms with Gasteiger partial charge >= 0.3 is 0 Å². The van der Waals surface area contributed by atoms with Crippen LogP contribution < -0.4 is 0 Å². The zero-order valence-corrected chi connectivity index (χ0v) is 16.0. The number of quaternary nitrogens is 1. The van der Waals surface area contributed by atoms with Gasteiger partial charge in [0.1, 0.15) is 0 Å². The molecule has 1 aliphatic rings. The maximum absolute atomic E-state index is 2.40. The molecule has 0 aromatic heterocycles. The molecule has 0 radical (unpaired) electrons. The van der Waals surface area contributed by atoms with Crippen LogP contribution in [0.15, 0.2) is 0 Å². The molecule has 1 saturated heterocycles. The Kier molecular flexibility index (Phi) is 11.3. The monoisotopic (exact) mass is 310 g/mol. The minimum Gasteiger partial charge on any atom is -0.324 e. The second-order valence-corrected chi connectivity index (χ2v) is 8.25. The highest BCUT2D eigenvalue weighted by molar-refractivity contribution is 4.55. The van der Waals surface area contributed by atoms with Gasteiger partial charge in [-0.2, -0.15) is 0 Å². The summed E-state index contributed by atoms with van der Waals surface area (Å²) >= 11 is 0. The van der Waals surface area contributed by atoms with Gasteiger partial charge in [-0.1, -0.05) is 71.6 Å². The number of nitrogens with zero attached hydrogens (tertiary/aromatic N) is 1. The molecule has 0 amide bonds. The van der Waals surface area contributed by atoms with E-state index in [-0.39, 0.29) is 0 Å². The predicted octanol–water partition coefficient (Wildman–Crippen LogP) is 6.56. The van der Waals surface area contributed by atoms with Crippen LogP contribution in [0.2, 0.25) is 0 Å². The lowest BCUT2D eigenvalue weighted by Crippen LogP contribution is -2.45. The number of hydrogen-bond donors (Lipinski definition) is 0. The summed E-state index contributed by atoms with van der Waals surface area (Å²) in [6.07, 6.45) is 19.1. The highest BCUT2D eigenvalue weighted by atomic mass is 15.4. The van der Waals surface area contributed by atoms with Crippen LogP contribution in [-0.2, 0) is 0 Å². The largest absolute Gasteiger partial charge is 0.324 e. The van der Waals surface area contributed by atoms with E-state index >= 15 is 0 Å². The van der Waals surface area contributed by atoms with E-state index in [2.05, 4.69) is 20.8 Å².